The Hall–Kier alpha value is -3.90. The number of alkyl carbamates (subject to hydrolysis) is 1. The molecule has 0 saturated carbocycles. The van der Waals surface area contributed by atoms with Crippen LogP contribution in [0.5, 0.6) is 0 Å². The highest BCUT2D eigenvalue weighted by Gasteiger charge is 2.36. The van der Waals surface area contributed by atoms with E-state index in [1.165, 1.54) is 19.9 Å². The molecule has 1 fully saturated rings. The Morgan fingerprint density at radius 2 is 1.75 bits per heavy atom. The van der Waals surface area contributed by atoms with Crippen molar-refractivity contribution < 1.29 is 32.9 Å². The van der Waals surface area contributed by atoms with Crippen LogP contribution in [0.3, 0.4) is 0 Å². The third-order valence-electron chi connectivity index (χ3n) is 7.10. The van der Waals surface area contributed by atoms with Gasteiger partial charge in [0.2, 0.25) is 0 Å². The van der Waals surface area contributed by atoms with Crippen molar-refractivity contribution in [1.29, 1.82) is 0 Å². The van der Waals surface area contributed by atoms with Crippen LogP contribution in [0.15, 0.2) is 42.7 Å². The Bertz CT molecular complexity index is 1470. The van der Waals surface area contributed by atoms with Gasteiger partial charge in [0.05, 0.1) is 53.1 Å². The number of amides is 1. The van der Waals surface area contributed by atoms with Crippen LogP contribution in [0.4, 0.5) is 29.3 Å². The number of carbonyl (C=O) groups is 1. The number of nitrogens with one attached hydrogen (secondary N) is 2. The molecule has 12 heteroatoms. The van der Waals surface area contributed by atoms with E-state index in [9.17, 15) is 19.4 Å². The minimum Gasteiger partial charge on any atom is -0.444 e. The third kappa shape index (κ3) is 8.38. The van der Waals surface area contributed by atoms with Crippen LogP contribution in [0.2, 0.25) is 0 Å². The van der Waals surface area contributed by atoms with Crippen molar-refractivity contribution in [3.63, 3.8) is 0 Å². The van der Waals surface area contributed by atoms with E-state index in [4.69, 9.17) is 4.74 Å². The van der Waals surface area contributed by atoms with Crippen molar-refractivity contribution in [3.05, 3.63) is 71.4 Å². The molecule has 0 radical (unpaired) electrons. The second kappa shape index (κ2) is 13.0. The fourth-order valence-electron chi connectivity index (χ4n) is 5.25. The summed E-state index contributed by atoms with van der Waals surface area (Å²) < 4.78 is 50.3. The van der Waals surface area contributed by atoms with Gasteiger partial charge in [0.1, 0.15) is 28.7 Å². The van der Waals surface area contributed by atoms with E-state index in [1.54, 1.807) is 39.2 Å². The lowest BCUT2D eigenvalue weighted by molar-refractivity contribution is 0.0303. The SMILES string of the molecule is C[C@H]1CN(c2ccncc2NCc2ccc(F)c(-c3c(F)cc(CC(C)(C)O)cc3F)n2)C[C@@H](NC(=O)OC(C)(C)C)[C@@H]1O. The molecule has 0 spiro atoms. The van der Waals surface area contributed by atoms with Crippen LogP contribution in [-0.4, -0.2) is 62.7 Å². The van der Waals surface area contributed by atoms with E-state index in [-0.39, 0.29) is 24.4 Å². The normalized spacial score (nSPS) is 19.1. The average Bonchev–Trinajstić information content (AvgIpc) is 2.89. The standard InChI is InChI=1S/C32H40F3N5O4/c1-18-16-40(17-25(29(18)41)39-30(42)44-31(2,3)4)26-9-10-36-15-24(26)37-14-20-7-8-21(33)28(38-20)27-22(34)11-19(12-23(27)35)13-32(5,6)43/h7-12,15,18,25,29,37,41,43H,13-14,16-17H2,1-6H3,(H,39,42)/t18-,25+,29+/m0/s1. The number of benzene rings is 1. The van der Waals surface area contributed by atoms with Gasteiger partial charge >= 0.3 is 6.09 Å². The molecule has 4 rings (SSSR count). The van der Waals surface area contributed by atoms with E-state index in [0.717, 1.165) is 23.9 Å². The van der Waals surface area contributed by atoms with Gasteiger partial charge in [-0.2, -0.15) is 0 Å². The third-order valence-corrected chi connectivity index (χ3v) is 7.10. The Labute approximate surface area is 255 Å². The number of aliphatic hydroxyl groups excluding tert-OH is 1. The van der Waals surface area contributed by atoms with Crippen molar-refractivity contribution in [2.75, 3.05) is 23.3 Å². The Morgan fingerprint density at radius 3 is 2.39 bits per heavy atom. The molecule has 1 aromatic carbocycles. The average molecular weight is 616 g/mol. The van der Waals surface area contributed by atoms with Crippen molar-refractivity contribution in [2.45, 2.75) is 77.9 Å². The number of rotatable bonds is 8. The molecular formula is C32H40F3N5O4. The molecule has 1 saturated heterocycles. The number of aromatic nitrogens is 2. The van der Waals surface area contributed by atoms with Crippen molar-refractivity contribution in [3.8, 4) is 11.3 Å². The molecule has 44 heavy (non-hydrogen) atoms. The second-order valence-corrected chi connectivity index (χ2v) is 12.9. The van der Waals surface area contributed by atoms with Crippen LogP contribution < -0.4 is 15.5 Å². The zero-order chi connectivity index (χ0) is 32.4. The Morgan fingerprint density at radius 1 is 1.07 bits per heavy atom. The highest BCUT2D eigenvalue weighted by atomic mass is 19.1. The second-order valence-electron chi connectivity index (χ2n) is 12.9. The molecule has 1 amide bonds. The molecule has 3 aromatic rings. The molecule has 0 aliphatic carbocycles. The number of anilines is 2. The first-order valence-electron chi connectivity index (χ1n) is 14.5. The van der Waals surface area contributed by atoms with Gasteiger partial charge in [0, 0.05) is 31.6 Å². The van der Waals surface area contributed by atoms with E-state index in [1.807, 2.05) is 11.8 Å². The predicted molar refractivity (Wildman–Crippen MR) is 162 cm³/mol. The Kier molecular flexibility index (Phi) is 9.74. The summed E-state index contributed by atoms with van der Waals surface area (Å²) in [5.74, 6) is -3.03. The smallest absolute Gasteiger partial charge is 0.408 e. The number of nitrogens with zero attached hydrogens (tertiary/aromatic N) is 3. The molecule has 4 N–H and O–H groups in total. The summed E-state index contributed by atoms with van der Waals surface area (Å²) in [6.07, 6.45) is 1.83. The summed E-state index contributed by atoms with van der Waals surface area (Å²) in [5.41, 5.74) is -1.01. The minimum atomic E-state index is -1.18. The fraction of sp³-hybridized carbons (Fsp3) is 0.469. The first-order valence-corrected chi connectivity index (χ1v) is 14.5. The monoisotopic (exact) mass is 615 g/mol. The highest BCUT2D eigenvalue weighted by molar-refractivity contribution is 5.71. The lowest BCUT2D eigenvalue weighted by Crippen LogP contribution is -2.59. The molecule has 0 unspecified atom stereocenters. The van der Waals surface area contributed by atoms with Gasteiger partial charge in [-0.05, 0) is 70.5 Å². The van der Waals surface area contributed by atoms with Gasteiger partial charge in [-0.25, -0.2) is 22.9 Å². The number of piperidine rings is 1. The molecule has 0 bridgehead atoms. The van der Waals surface area contributed by atoms with Gasteiger partial charge in [-0.1, -0.05) is 6.92 Å². The van der Waals surface area contributed by atoms with Crippen LogP contribution in [0.1, 0.15) is 52.8 Å². The molecule has 1 aliphatic rings. The summed E-state index contributed by atoms with van der Waals surface area (Å²) in [5, 5.41) is 26.8. The first kappa shape index (κ1) is 33.0. The molecule has 238 valence electrons. The largest absolute Gasteiger partial charge is 0.444 e. The minimum absolute atomic E-state index is 0.0149. The van der Waals surface area contributed by atoms with Crippen LogP contribution >= 0.6 is 0 Å². The molecular weight excluding hydrogens is 575 g/mol. The number of hydrogen-bond donors (Lipinski definition) is 4. The molecule has 2 aromatic heterocycles. The lowest BCUT2D eigenvalue weighted by atomic mass is 9.92. The number of pyridine rings is 2. The van der Waals surface area contributed by atoms with Crippen LogP contribution in [-0.2, 0) is 17.7 Å². The molecule has 1 aliphatic heterocycles. The number of halogens is 3. The van der Waals surface area contributed by atoms with E-state index in [2.05, 4.69) is 20.6 Å². The zero-order valence-electron chi connectivity index (χ0n) is 25.8. The first-order chi connectivity index (χ1) is 20.5. The van der Waals surface area contributed by atoms with Gasteiger partial charge in [-0.15, -0.1) is 0 Å². The van der Waals surface area contributed by atoms with Crippen LogP contribution in [0.25, 0.3) is 11.3 Å². The van der Waals surface area contributed by atoms with E-state index >= 15 is 8.78 Å². The highest BCUT2D eigenvalue weighted by Crippen LogP contribution is 2.32. The van der Waals surface area contributed by atoms with E-state index < -0.39 is 58.2 Å². The van der Waals surface area contributed by atoms with Gasteiger partial charge < -0.3 is 30.5 Å². The summed E-state index contributed by atoms with van der Waals surface area (Å²) in [6, 6.07) is 5.86. The predicted octanol–water partition coefficient (Wildman–Crippen LogP) is 5.20. The van der Waals surface area contributed by atoms with Crippen molar-refractivity contribution in [1.82, 2.24) is 15.3 Å². The molecule has 3 atom stereocenters. The topological polar surface area (TPSA) is 120 Å². The fourth-order valence-corrected chi connectivity index (χ4v) is 5.25. The molecule has 9 nitrogen and oxygen atoms in total. The van der Waals surface area contributed by atoms with Crippen molar-refractivity contribution in [2.24, 2.45) is 5.92 Å². The quantitative estimate of drug-likeness (QED) is 0.273. The van der Waals surface area contributed by atoms with Crippen LogP contribution in [0, 0.1) is 23.4 Å². The van der Waals surface area contributed by atoms with E-state index in [0.29, 0.717) is 24.5 Å². The summed E-state index contributed by atoms with van der Waals surface area (Å²) in [4.78, 5) is 22.9. The Balaban J connectivity index is 1.53. The summed E-state index contributed by atoms with van der Waals surface area (Å²) in [6.45, 7) is 11.1. The molecule has 3 heterocycles. The van der Waals surface area contributed by atoms with Crippen molar-refractivity contribution >= 4 is 17.5 Å². The number of aliphatic hydroxyl groups is 2. The van der Waals surface area contributed by atoms with Gasteiger partial charge in [0.15, 0.2) is 0 Å². The van der Waals surface area contributed by atoms with Gasteiger partial charge in [0.25, 0.3) is 0 Å². The number of ether oxygens (including phenoxy) is 1. The number of carbonyl (C=O) groups excluding carboxylic acids is 1. The van der Waals surface area contributed by atoms with Gasteiger partial charge in [-0.3, -0.25) is 4.98 Å². The number of hydrogen-bond acceptors (Lipinski definition) is 8. The maximum absolute atomic E-state index is 15.0. The lowest BCUT2D eigenvalue weighted by Gasteiger charge is -2.42. The maximum atomic E-state index is 15.0. The summed E-state index contributed by atoms with van der Waals surface area (Å²) in [7, 11) is 0. The zero-order valence-corrected chi connectivity index (χ0v) is 25.8. The summed E-state index contributed by atoms with van der Waals surface area (Å²) >= 11 is 0. The maximum Gasteiger partial charge on any atom is 0.408 e.